The Labute approximate surface area is 153 Å². The Morgan fingerprint density at radius 2 is 2.22 bits per heavy atom. The average molecular weight is 364 g/mol. The monoisotopic (exact) mass is 364 g/mol. The van der Waals surface area contributed by atoms with Crippen molar-refractivity contribution < 1.29 is 9.18 Å². The summed E-state index contributed by atoms with van der Waals surface area (Å²) in [6, 6.07) is 6.05. The predicted octanol–water partition coefficient (Wildman–Crippen LogP) is 3.11. The van der Waals surface area contributed by atoms with Crippen LogP contribution in [0.15, 0.2) is 42.9 Å². The number of H-pyrrole nitrogens is 1. The number of hydrogen-bond donors (Lipinski definition) is 1. The molecule has 1 saturated heterocycles. The third-order valence-electron chi connectivity index (χ3n) is 5.05. The van der Waals surface area contributed by atoms with Gasteiger partial charge in [-0.15, -0.1) is 0 Å². The Morgan fingerprint density at radius 3 is 3.15 bits per heavy atom. The topological polar surface area (TPSA) is 79.2 Å². The number of nitrogens with zero attached hydrogens (tertiary/aromatic N) is 5. The van der Waals surface area contributed by atoms with Crippen LogP contribution in [0.1, 0.15) is 41.5 Å². The Hall–Kier alpha value is -3.29. The van der Waals surface area contributed by atoms with E-state index in [1.807, 2.05) is 4.90 Å². The first kappa shape index (κ1) is 15.9. The molecule has 0 aliphatic carbocycles. The number of carbonyl (C=O) groups excluding carboxylic acids is 1. The van der Waals surface area contributed by atoms with Gasteiger partial charge in [0.05, 0.1) is 23.3 Å². The van der Waals surface area contributed by atoms with Gasteiger partial charge in [0.25, 0.3) is 5.91 Å². The zero-order chi connectivity index (χ0) is 18.4. The minimum absolute atomic E-state index is 0.111. The minimum atomic E-state index is -0.313. The van der Waals surface area contributed by atoms with E-state index in [9.17, 15) is 9.18 Å². The number of aromatic nitrogens is 5. The van der Waals surface area contributed by atoms with E-state index in [4.69, 9.17) is 0 Å². The van der Waals surface area contributed by atoms with Gasteiger partial charge in [0.15, 0.2) is 5.65 Å². The second-order valence-electron chi connectivity index (χ2n) is 6.74. The summed E-state index contributed by atoms with van der Waals surface area (Å²) in [4.78, 5) is 27.2. The molecular weight excluding hydrogens is 347 g/mol. The summed E-state index contributed by atoms with van der Waals surface area (Å²) in [6.07, 6.45) is 7.72. The Bertz CT molecular complexity index is 1150. The highest BCUT2D eigenvalue weighted by Crippen LogP contribution is 2.32. The van der Waals surface area contributed by atoms with Crippen LogP contribution in [0.4, 0.5) is 4.39 Å². The Balaban J connectivity index is 1.54. The zero-order valence-corrected chi connectivity index (χ0v) is 14.5. The van der Waals surface area contributed by atoms with Crippen LogP contribution in [0.3, 0.4) is 0 Å². The fourth-order valence-electron chi connectivity index (χ4n) is 3.75. The van der Waals surface area contributed by atoms with E-state index in [0.29, 0.717) is 34.6 Å². The quantitative estimate of drug-likeness (QED) is 0.593. The van der Waals surface area contributed by atoms with Gasteiger partial charge >= 0.3 is 0 Å². The summed E-state index contributed by atoms with van der Waals surface area (Å²) in [7, 11) is 0. The smallest absolute Gasteiger partial charge is 0.259 e. The third-order valence-corrected chi connectivity index (χ3v) is 5.05. The molecule has 7 nitrogen and oxygen atoms in total. The molecule has 0 bridgehead atoms. The van der Waals surface area contributed by atoms with Crippen LogP contribution >= 0.6 is 0 Å². The molecule has 1 atom stereocenters. The van der Waals surface area contributed by atoms with Crippen molar-refractivity contribution in [2.24, 2.45) is 0 Å². The van der Waals surface area contributed by atoms with Gasteiger partial charge < -0.3 is 9.88 Å². The van der Waals surface area contributed by atoms with Gasteiger partial charge in [0.1, 0.15) is 17.2 Å². The van der Waals surface area contributed by atoms with Crippen LogP contribution < -0.4 is 0 Å². The summed E-state index contributed by atoms with van der Waals surface area (Å²) >= 11 is 0. The van der Waals surface area contributed by atoms with E-state index in [2.05, 4.69) is 20.1 Å². The molecule has 1 amide bonds. The number of hydrogen-bond acceptors (Lipinski definition) is 4. The van der Waals surface area contributed by atoms with E-state index in [-0.39, 0.29) is 17.8 Å². The zero-order valence-electron chi connectivity index (χ0n) is 14.5. The molecule has 0 spiro atoms. The van der Waals surface area contributed by atoms with Gasteiger partial charge in [-0.05, 0) is 43.5 Å². The maximum absolute atomic E-state index is 13.5. The highest BCUT2D eigenvalue weighted by molar-refractivity contribution is 5.99. The van der Waals surface area contributed by atoms with Crippen molar-refractivity contribution in [2.75, 3.05) is 6.54 Å². The molecule has 4 heterocycles. The normalized spacial score (nSPS) is 17.7. The van der Waals surface area contributed by atoms with Gasteiger partial charge in [-0.2, -0.15) is 5.10 Å². The molecule has 8 heteroatoms. The molecule has 5 rings (SSSR count). The second-order valence-corrected chi connectivity index (χ2v) is 6.74. The molecule has 1 N–H and O–H groups in total. The molecule has 27 heavy (non-hydrogen) atoms. The maximum Gasteiger partial charge on any atom is 0.259 e. The van der Waals surface area contributed by atoms with Crippen LogP contribution in [0.25, 0.3) is 16.7 Å². The standard InChI is InChI=1S/C19H17FN6O/c20-12-5-6-14-15(10-12)24-17(23-14)16-4-1-2-8-25(16)19(27)13-11-22-26-9-3-7-21-18(13)26/h3,5-7,9-11,16H,1-2,4,8H2,(H,23,24)/t16-/m0/s1. The largest absolute Gasteiger partial charge is 0.340 e. The maximum atomic E-state index is 13.5. The predicted molar refractivity (Wildman–Crippen MR) is 96.7 cm³/mol. The molecule has 136 valence electrons. The number of rotatable bonds is 2. The first-order chi connectivity index (χ1) is 13.2. The third kappa shape index (κ3) is 2.64. The Kier molecular flexibility index (Phi) is 3.63. The van der Waals surface area contributed by atoms with Crippen LogP contribution in [0.2, 0.25) is 0 Å². The minimum Gasteiger partial charge on any atom is -0.340 e. The van der Waals surface area contributed by atoms with Crippen LogP contribution in [-0.2, 0) is 0 Å². The van der Waals surface area contributed by atoms with Crippen molar-refractivity contribution in [2.45, 2.75) is 25.3 Å². The lowest BCUT2D eigenvalue weighted by atomic mass is 10.0. The molecule has 3 aromatic heterocycles. The van der Waals surface area contributed by atoms with Crippen molar-refractivity contribution in [3.63, 3.8) is 0 Å². The molecule has 0 radical (unpaired) electrons. The number of piperidine rings is 1. The number of halogens is 1. The summed E-state index contributed by atoms with van der Waals surface area (Å²) in [5.74, 6) is 0.264. The molecular formula is C19H17FN6O. The van der Waals surface area contributed by atoms with Gasteiger partial charge in [-0.3, -0.25) is 4.79 Å². The lowest BCUT2D eigenvalue weighted by Gasteiger charge is -2.34. The van der Waals surface area contributed by atoms with Gasteiger partial charge in [0.2, 0.25) is 0 Å². The molecule has 1 aromatic carbocycles. The molecule has 0 saturated carbocycles. The van der Waals surface area contributed by atoms with Crippen molar-refractivity contribution in [3.05, 3.63) is 60.1 Å². The number of carbonyl (C=O) groups is 1. The molecule has 0 unspecified atom stereocenters. The van der Waals surface area contributed by atoms with E-state index in [1.165, 1.54) is 12.1 Å². The summed E-state index contributed by atoms with van der Waals surface area (Å²) in [5, 5.41) is 4.22. The molecule has 1 fully saturated rings. The van der Waals surface area contributed by atoms with E-state index in [1.54, 1.807) is 35.2 Å². The fourth-order valence-corrected chi connectivity index (χ4v) is 3.75. The van der Waals surface area contributed by atoms with Crippen molar-refractivity contribution >= 4 is 22.6 Å². The van der Waals surface area contributed by atoms with Crippen LogP contribution in [0, 0.1) is 5.82 Å². The van der Waals surface area contributed by atoms with Crippen molar-refractivity contribution in [1.82, 2.24) is 29.5 Å². The Morgan fingerprint density at radius 1 is 1.30 bits per heavy atom. The lowest BCUT2D eigenvalue weighted by Crippen LogP contribution is -2.39. The van der Waals surface area contributed by atoms with E-state index < -0.39 is 0 Å². The average Bonchev–Trinajstić information content (AvgIpc) is 3.31. The molecule has 1 aliphatic rings. The van der Waals surface area contributed by atoms with E-state index in [0.717, 1.165) is 19.3 Å². The first-order valence-corrected chi connectivity index (χ1v) is 8.95. The number of benzene rings is 1. The molecule has 1 aliphatic heterocycles. The summed E-state index contributed by atoms with van der Waals surface area (Å²) in [6.45, 7) is 0.638. The van der Waals surface area contributed by atoms with Crippen LogP contribution in [0.5, 0.6) is 0 Å². The summed E-state index contributed by atoms with van der Waals surface area (Å²) in [5.41, 5.74) is 2.35. The fraction of sp³-hybridized carbons (Fsp3) is 0.263. The highest BCUT2D eigenvalue weighted by Gasteiger charge is 2.32. The highest BCUT2D eigenvalue weighted by atomic mass is 19.1. The van der Waals surface area contributed by atoms with Gasteiger partial charge in [-0.25, -0.2) is 18.9 Å². The van der Waals surface area contributed by atoms with Crippen LogP contribution in [-0.4, -0.2) is 41.9 Å². The number of nitrogens with one attached hydrogen (secondary N) is 1. The lowest BCUT2D eigenvalue weighted by molar-refractivity contribution is 0.0603. The van der Waals surface area contributed by atoms with Crippen molar-refractivity contribution in [1.29, 1.82) is 0 Å². The van der Waals surface area contributed by atoms with E-state index >= 15 is 0 Å². The number of fused-ring (bicyclic) bond motifs is 2. The van der Waals surface area contributed by atoms with Gasteiger partial charge in [0, 0.05) is 18.9 Å². The SMILES string of the molecule is O=C(c1cnn2cccnc12)N1CCCC[C@H]1c1nc2ccc(F)cc2[nH]1. The first-order valence-electron chi connectivity index (χ1n) is 8.95. The molecule has 4 aromatic rings. The van der Waals surface area contributed by atoms with Crippen molar-refractivity contribution in [3.8, 4) is 0 Å². The number of aromatic amines is 1. The number of imidazole rings is 1. The number of amides is 1. The number of likely N-dealkylation sites (tertiary alicyclic amines) is 1. The van der Waals surface area contributed by atoms with Gasteiger partial charge in [-0.1, -0.05) is 0 Å². The second kappa shape index (κ2) is 6.15. The summed E-state index contributed by atoms with van der Waals surface area (Å²) < 4.78 is 15.1.